The third-order valence-electron chi connectivity index (χ3n) is 3.89. The summed E-state index contributed by atoms with van der Waals surface area (Å²) < 4.78 is 12.7. The van der Waals surface area contributed by atoms with Crippen molar-refractivity contribution in [2.45, 2.75) is 13.2 Å². The quantitative estimate of drug-likeness (QED) is 0.590. The molecule has 2 aromatic carbocycles. The number of nitrogens with zero attached hydrogens (tertiary/aromatic N) is 2. The van der Waals surface area contributed by atoms with Crippen LogP contribution in [-0.4, -0.2) is 29.8 Å². The zero-order chi connectivity index (χ0) is 17.5. The number of carbonyl (C=O) groups is 1. The number of aromatic nitrogens is 2. The van der Waals surface area contributed by atoms with E-state index in [1.807, 2.05) is 54.7 Å². The zero-order valence-corrected chi connectivity index (χ0v) is 14.1. The topological polar surface area (TPSA) is 53.4 Å². The SMILES string of the molecule is COCCn1cc(-c2cccc(OCc3ccccc3)c2C=O)cn1. The molecule has 1 aromatic heterocycles. The van der Waals surface area contributed by atoms with Gasteiger partial charge in [0, 0.05) is 18.9 Å². The van der Waals surface area contributed by atoms with E-state index in [1.165, 1.54) is 0 Å². The lowest BCUT2D eigenvalue weighted by atomic mass is 10.0. The first kappa shape index (κ1) is 16.9. The minimum atomic E-state index is 0.415. The van der Waals surface area contributed by atoms with Crippen LogP contribution in [0.1, 0.15) is 15.9 Å². The largest absolute Gasteiger partial charge is 0.488 e. The van der Waals surface area contributed by atoms with Crippen LogP contribution in [0.25, 0.3) is 11.1 Å². The molecule has 0 amide bonds. The van der Waals surface area contributed by atoms with Gasteiger partial charge in [0.25, 0.3) is 0 Å². The molecule has 0 spiro atoms. The first-order valence-corrected chi connectivity index (χ1v) is 8.08. The highest BCUT2D eigenvalue weighted by Crippen LogP contribution is 2.29. The number of ether oxygens (including phenoxy) is 2. The zero-order valence-electron chi connectivity index (χ0n) is 14.1. The number of methoxy groups -OCH3 is 1. The average Bonchev–Trinajstić information content (AvgIpc) is 3.14. The molecule has 0 aliphatic carbocycles. The Hall–Kier alpha value is -2.92. The third-order valence-corrected chi connectivity index (χ3v) is 3.89. The maximum atomic E-state index is 11.7. The predicted molar refractivity (Wildman–Crippen MR) is 95.7 cm³/mol. The maximum Gasteiger partial charge on any atom is 0.154 e. The predicted octanol–water partition coefficient (Wildman–Crippen LogP) is 3.59. The monoisotopic (exact) mass is 336 g/mol. The third kappa shape index (κ3) is 4.14. The number of aldehydes is 1. The summed E-state index contributed by atoms with van der Waals surface area (Å²) in [6.07, 6.45) is 4.49. The normalized spacial score (nSPS) is 10.6. The molecule has 0 saturated carbocycles. The molecule has 128 valence electrons. The molecule has 3 rings (SSSR count). The first-order valence-electron chi connectivity index (χ1n) is 8.08. The van der Waals surface area contributed by atoms with Crippen LogP contribution in [0.4, 0.5) is 0 Å². The van der Waals surface area contributed by atoms with Gasteiger partial charge in [-0.3, -0.25) is 9.48 Å². The number of benzene rings is 2. The van der Waals surface area contributed by atoms with Crippen molar-refractivity contribution in [2.75, 3.05) is 13.7 Å². The van der Waals surface area contributed by atoms with Gasteiger partial charge < -0.3 is 9.47 Å². The van der Waals surface area contributed by atoms with Crippen molar-refractivity contribution >= 4 is 6.29 Å². The van der Waals surface area contributed by atoms with E-state index < -0.39 is 0 Å². The number of rotatable bonds is 8. The van der Waals surface area contributed by atoms with Crippen LogP contribution in [0.5, 0.6) is 5.75 Å². The van der Waals surface area contributed by atoms with Gasteiger partial charge in [-0.2, -0.15) is 5.10 Å². The molecule has 0 radical (unpaired) electrons. The molecular weight excluding hydrogens is 316 g/mol. The molecule has 3 aromatic rings. The van der Waals surface area contributed by atoms with Crippen molar-refractivity contribution in [3.8, 4) is 16.9 Å². The Kier molecular flexibility index (Phi) is 5.59. The Morgan fingerprint density at radius 1 is 1.12 bits per heavy atom. The second-order valence-electron chi connectivity index (χ2n) is 5.59. The van der Waals surface area contributed by atoms with E-state index in [1.54, 1.807) is 18.0 Å². The fourth-order valence-corrected chi connectivity index (χ4v) is 2.59. The second-order valence-corrected chi connectivity index (χ2v) is 5.59. The molecule has 0 saturated heterocycles. The highest BCUT2D eigenvalue weighted by Gasteiger charge is 2.12. The molecule has 25 heavy (non-hydrogen) atoms. The van der Waals surface area contributed by atoms with Gasteiger partial charge in [-0.15, -0.1) is 0 Å². The van der Waals surface area contributed by atoms with Crippen LogP contribution in [0, 0.1) is 0 Å². The number of hydrogen-bond donors (Lipinski definition) is 0. The fraction of sp³-hybridized carbons (Fsp3) is 0.200. The van der Waals surface area contributed by atoms with E-state index in [0.717, 1.165) is 23.0 Å². The molecule has 5 heteroatoms. The highest BCUT2D eigenvalue weighted by atomic mass is 16.5. The summed E-state index contributed by atoms with van der Waals surface area (Å²) in [6, 6.07) is 15.5. The summed E-state index contributed by atoms with van der Waals surface area (Å²) in [7, 11) is 1.66. The van der Waals surface area contributed by atoms with Crippen LogP contribution >= 0.6 is 0 Å². The second kappa shape index (κ2) is 8.26. The Labute approximate surface area is 146 Å². The lowest BCUT2D eigenvalue weighted by Gasteiger charge is -2.11. The summed E-state index contributed by atoms with van der Waals surface area (Å²) in [6.45, 7) is 1.66. The van der Waals surface area contributed by atoms with Crippen molar-refractivity contribution in [3.63, 3.8) is 0 Å². The van der Waals surface area contributed by atoms with Gasteiger partial charge in [0.1, 0.15) is 12.4 Å². The average molecular weight is 336 g/mol. The van der Waals surface area contributed by atoms with Crippen molar-refractivity contribution in [1.29, 1.82) is 0 Å². The van der Waals surface area contributed by atoms with Crippen molar-refractivity contribution in [1.82, 2.24) is 9.78 Å². The standard InChI is InChI=1S/C20H20N2O3/c1-24-11-10-22-13-17(12-21-22)18-8-5-9-20(19(18)14-23)25-15-16-6-3-2-4-7-16/h2-9,12-14H,10-11,15H2,1H3. The molecule has 0 bridgehead atoms. The fourth-order valence-electron chi connectivity index (χ4n) is 2.59. The number of carbonyl (C=O) groups excluding carboxylic acids is 1. The smallest absolute Gasteiger partial charge is 0.154 e. The summed E-state index contributed by atoms with van der Waals surface area (Å²) in [5.74, 6) is 0.570. The molecule has 0 atom stereocenters. The molecule has 0 unspecified atom stereocenters. The lowest BCUT2D eigenvalue weighted by molar-refractivity contribution is 0.111. The van der Waals surface area contributed by atoms with E-state index in [0.29, 0.717) is 31.1 Å². The summed E-state index contributed by atoms with van der Waals surface area (Å²) in [5.41, 5.74) is 3.27. The maximum absolute atomic E-state index is 11.7. The molecule has 0 fully saturated rings. The van der Waals surface area contributed by atoms with Gasteiger partial charge in [-0.25, -0.2) is 0 Å². The van der Waals surface area contributed by atoms with Crippen molar-refractivity contribution < 1.29 is 14.3 Å². The highest BCUT2D eigenvalue weighted by molar-refractivity contribution is 5.90. The van der Waals surface area contributed by atoms with Crippen molar-refractivity contribution in [3.05, 3.63) is 72.1 Å². The molecule has 0 aliphatic heterocycles. The van der Waals surface area contributed by atoms with Gasteiger partial charge in [0.2, 0.25) is 0 Å². The Morgan fingerprint density at radius 3 is 2.72 bits per heavy atom. The summed E-state index contributed by atoms with van der Waals surface area (Å²) in [5, 5.41) is 4.31. The lowest BCUT2D eigenvalue weighted by Crippen LogP contribution is -2.03. The Bertz CT molecular complexity index is 828. The van der Waals surface area contributed by atoms with Crippen LogP contribution < -0.4 is 4.74 Å². The Balaban J connectivity index is 1.83. The van der Waals surface area contributed by atoms with Gasteiger partial charge in [-0.1, -0.05) is 42.5 Å². The molecule has 5 nitrogen and oxygen atoms in total. The van der Waals surface area contributed by atoms with E-state index >= 15 is 0 Å². The van der Waals surface area contributed by atoms with E-state index in [-0.39, 0.29) is 0 Å². The van der Waals surface area contributed by atoms with Gasteiger partial charge >= 0.3 is 0 Å². The summed E-state index contributed by atoms with van der Waals surface area (Å²) >= 11 is 0. The van der Waals surface area contributed by atoms with Gasteiger partial charge in [-0.05, 0) is 17.2 Å². The van der Waals surface area contributed by atoms with Crippen LogP contribution in [0.3, 0.4) is 0 Å². The molecular formula is C20H20N2O3. The van der Waals surface area contributed by atoms with E-state index in [4.69, 9.17) is 9.47 Å². The minimum Gasteiger partial charge on any atom is -0.488 e. The van der Waals surface area contributed by atoms with E-state index in [9.17, 15) is 4.79 Å². The van der Waals surface area contributed by atoms with E-state index in [2.05, 4.69) is 5.10 Å². The first-order chi connectivity index (χ1) is 12.3. The van der Waals surface area contributed by atoms with Crippen LogP contribution in [0.15, 0.2) is 60.9 Å². The number of hydrogen-bond acceptors (Lipinski definition) is 4. The summed E-state index contributed by atoms with van der Waals surface area (Å²) in [4.78, 5) is 11.7. The Morgan fingerprint density at radius 2 is 1.96 bits per heavy atom. The van der Waals surface area contributed by atoms with Gasteiger partial charge in [0.05, 0.1) is 24.9 Å². The van der Waals surface area contributed by atoms with Crippen LogP contribution in [-0.2, 0) is 17.9 Å². The van der Waals surface area contributed by atoms with Crippen LogP contribution in [0.2, 0.25) is 0 Å². The van der Waals surface area contributed by atoms with Crippen molar-refractivity contribution in [2.24, 2.45) is 0 Å². The molecule has 0 N–H and O–H groups in total. The molecule has 0 aliphatic rings. The molecule has 1 heterocycles. The minimum absolute atomic E-state index is 0.415. The van der Waals surface area contributed by atoms with Gasteiger partial charge in [0.15, 0.2) is 6.29 Å².